The molecule has 0 aromatic carbocycles. The highest BCUT2D eigenvalue weighted by Crippen LogP contribution is 2.12. The van der Waals surface area contributed by atoms with Crippen molar-refractivity contribution in [1.82, 2.24) is 10.3 Å². The van der Waals surface area contributed by atoms with E-state index in [1.165, 1.54) is 0 Å². The number of nitrogens with zero attached hydrogens (tertiary/aromatic N) is 1. The zero-order valence-electron chi connectivity index (χ0n) is 9.70. The quantitative estimate of drug-likeness (QED) is 0.821. The largest absolute Gasteiger partial charge is 0.379 e. The number of rotatable bonds is 2. The lowest BCUT2D eigenvalue weighted by atomic mass is 10.1. The van der Waals surface area contributed by atoms with Crippen LogP contribution in [0, 0.1) is 6.92 Å². The van der Waals surface area contributed by atoms with E-state index in [2.05, 4.69) is 10.3 Å². The summed E-state index contributed by atoms with van der Waals surface area (Å²) in [4.78, 5) is 16.0. The van der Waals surface area contributed by atoms with Gasteiger partial charge in [-0.1, -0.05) is 11.6 Å². The van der Waals surface area contributed by atoms with Crippen LogP contribution in [0.4, 0.5) is 0 Å². The second-order valence-corrected chi connectivity index (χ2v) is 4.59. The molecule has 0 aliphatic carbocycles. The van der Waals surface area contributed by atoms with E-state index in [0.717, 1.165) is 25.1 Å². The number of amides is 1. The highest BCUT2D eigenvalue weighted by Gasteiger charge is 2.17. The van der Waals surface area contributed by atoms with Crippen molar-refractivity contribution in [3.63, 3.8) is 0 Å². The van der Waals surface area contributed by atoms with Crippen LogP contribution in [0.15, 0.2) is 12.1 Å². The smallest absolute Gasteiger partial charge is 0.251 e. The number of pyridine rings is 1. The summed E-state index contributed by atoms with van der Waals surface area (Å²) in [6.45, 7) is 3.18. The Hall–Kier alpha value is -1.13. The number of aromatic nitrogens is 1. The molecular formula is C12H15ClN2O2. The summed E-state index contributed by atoms with van der Waals surface area (Å²) in [5.41, 5.74) is 1.29. The Kier molecular flexibility index (Phi) is 3.97. The Morgan fingerprint density at radius 1 is 1.59 bits per heavy atom. The monoisotopic (exact) mass is 254 g/mol. The summed E-state index contributed by atoms with van der Waals surface area (Å²) in [5.74, 6) is -0.118. The highest BCUT2D eigenvalue weighted by molar-refractivity contribution is 6.29. The van der Waals surface area contributed by atoms with Crippen molar-refractivity contribution in [3.8, 4) is 0 Å². The van der Waals surface area contributed by atoms with Gasteiger partial charge in [0.1, 0.15) is 5.15 Å². The first-order valence-electron chi connectivity index (χ1n) is 5.68. The molecule has 0 spiro atoms. The van der Waals surface area contributed by atoms with Crippen LogP contribution in [0.1, 0.15) is 28.9 Å². The molecule has 1 aromatic heterocycles. The Morgan fingerprint density at radius 2 is 2.41 bits per heavy atom. The molecule has 1 N–H and O–H groups in total. The molecule has 1 aromatic rings. The Balaban J connectivity index is 2.03. The highest BCUT2D eigenvalue weighted by atomic mass is 35.5. The van der Waals surface area contributed by atoms with E-state index in [9.17, 15) is 4.79 Å². The molecule has 5 heteroatoms. The number of hydrogen-bond acceptors (Lipinski definition) is 3. The van der Waals surface area contributed by atoms with Crippen molar-refractivity contribution in [2.24, 2.45) is 0 Å². The first-order valence-corrected chi connectivity index (χ1v) is 6.06. The van der Waals surface area contributed by atoms with Crippen molar-refractivity contribution in [3.05, 3.63) is 28.5 Å². The number of carbonyl (C=O) groups excluding carboxylic acids is 1. The maximum atomic E-state index is 12.0. The predicted molar refractivity (Wildman–Crippen MR) is 65.3 cm³/mol. The van der Waals surface area contributed by atoms with Gasteiger partial charge in [-0.2, -0.15) is 0 Å². The third-order valence-electron chi connectivity index (χ3n) is 2.68. The summed E-state index contributed by atoms with van der Waals surface area (Å²) < 4.78 is 5.31. The van der Waals surface area contributed by atoms with Gasteiger partial charge in [-0.25, -0.2) is 4.98 Å². The average Bonchev–Trinajstić information content (AvgIpc) is 2.29. The molecule has 0 saturated carbocycles. The fourth-order valence-electron chi connectivity index (χ4n) is 1.88. The summed E-state index contributed by atoms with van der Waals surface area (Å²) in [7, 11) is 0. The zero-order valence-corrected chi connectivity index (χ0v) is 10.5. The normalized spacial score (nSPS) is 20.0. The molecule has 92 valence electrons. The van der Waals surface area contributed by atoms with Gasteiger partial charge in [-0.15, -0.1) is 0 Å². The van der Waals surface area contributed by atoms with Crippen LogP contribution in [0.5, 0.6) is 0 Å². The number of aryl methyl sites for hydroxylation is 1. The minimum Gasteiger partial charge on any atom is -0.379 e. The van der Waals surface area contributed by atoms with Gasteiger partial charge in [-0.3, -0.25) is 4.79 Å². The Morgan fingerprint density at radius 3 is 3.06 bits per heavy atom. The van der Waals surface area contributed by atoms with Crippen molar-refractivity contribution in [1.29, 1.82) is 0 Å². The summed E-state index contributed by atoms with van der Waals surface area (Å²) in [6, 6.07) is 3.40. The summed E-state index contributed by atoms with van der Waals surface area (Å²) in [6.07, 6.45) is 1.95. The third kappa shape index (κ3) is 3.41. The minimum atomic E-state index is -0.118. The summed E-state index contributed by atoms with van der Waals surface area (Å²) in [5, 5.41) is 3.28. The lowest BCUT2D eigenvalue weighted by Crippen LogP contribution is -2.40. The first-order chi connectivity index (χ1) is 8.15. The van der Waals surface area contributed by atoms with Gasteiger partial charge in [0.2, 0.25) is 0 Å². The van der Waals surface area contributed by atoms with Crippen LogP contribution in [0.2, 0.25) is 5.15 Å². The number of halogens is 1. The maximum Gasteiger partial charge on any atom is 0.251 e. The van der Waals surface area contributed by atoms with Crippen molar-refractivity contribution < 1.29 is 9.53 Å². The molecule has 1 aliphatic heterocycles. The molecule has 4 nitrogen and oxygen atoms in total. The van der Waals surface area contributed by atoms with E-state index >= 15 is 0 Å². The topological polar surface area (TPSA) is 51.2 Å². The van der Waals surface area contributed by atoms with Crippen LogP contribution in [0.25, 0.3) is 0 Å². The third-order valence-corrected chi connectivity index (χ3v) is 2.87. The minimum absolute atomic E-state index is 0.100. The van der Waals surface area contributed by atoms with Gasteiger partial charge in [0.25, 0.3) is 5.91 Å². The number of hydrogen-bond donors (Lipinski definition) is 1. The predicted octanol–water partition coefficient (Wildman–Crippen LogP) is 1.95. The second-order valence-electron chi connectivity index (χ2n) is 4.21. The number of ether oxygens (including phenoxy) is 1. The van der Waals surface area contributed by atoms with Crippen LogP contribution in [-0.4, -0.2) is 30.1 Å². The van der Waals surface area contributed by atoms with E-state index in [4.69, 9.17) is 16.3 Å². The zero-order chi connectivity index (χ0) is 12.3. The fraction of sp³-hybridized carbons (Fsp3) is 0.500. The number of carbonyl (C=O) groups is 1. The first kappa shape index (κ1) is 12.3. The van der Waals surface area contributed by atoms with Crippen LogP contribution < -0.4 is 5.32 Å². The Bertz CT molecular complexity index is 397. The fourth-order valence-corrected chi connectivity index (χ4v) is 2.13. The SMILES string of the molecule is Cc1cc(C(=O)NC2CCCOC2)cc(Cl)n1. The van der Waals surface area contributed by atoms with E-state index < -0.39 is 0 Å². The molecule has 0 radical (unpaired) electrons. The Labute approximate surface area is 105 Å². The van der Waals surface area contributed by atoms with Crippen molar-refractivity contribution >= 4 is 17.5 Å². The van der Waals surface area contributed by atoms with Crippen LogP contribution >= 0.6 is 11.6 Å². The molecule has 2 heterocycles. The molecule has 1 unspecified atom stereocenters. The van der Waals surface area contributed by atoms with E-state index in [-0.39, 0.29) is 11.9 Å². The number of nitrogens with one attached hydrogen (secondary N) is 1. The van der Waals surface area contributed by atoms with E-state index in [0.29, 0.717) is 17.3 Å². The lowest BCUT2D eigenvalue weighted by Gasteiger charge is -2.23. The molecule has 0 bridgehead atoms. The summed E-state index contributed by atoms with van der Waals surface area (Å²) >= 11 is 5.82. The van der Waals surface area contributed by atoms with E-state index in [1.807, 2.05) is 6.92 Å². The van der Waals surface area contributed by atoms with Gasteiger partial charge in [0.15, 0.2) is 0 Å². The lowest BCUT2D eigenvalue weighted by molar-refractivity contribution is 0.0624. The molecule has 1 aliphatic rings. The maximum absolute atomic E-state index is 12.0. The van der Waals surface area contributed by atoms with Crippen molar-refractivity contribution in [2.75, 3.05) is 13.2 Å². The average molecular weight is 255 g/mol. The molecular weight excluding hydrogens is 240 g/mol. The molecule has 1 atom stereocenters. The van der Waals surface area contributed by atoms with Crippen LogP contribution in [-0.2, 0) is 4.74 Å². The molecule has 2 rings (SSSR count). The standard InChI is InChI=1S/C12H15ClN2O2/c1-8-5-9(6-11(13)14-8)12(16)15-10-3-2-4-17-7-10/h5-6,10H,2-4,7H2,1H3,(H,15,16). The van der Waals surface area contributed by atoms with Crippen molar-refractivity contribution in [2.45, 2.75) is 25.8 Å². The molecule has 1 fully saturated rings. The molecule has 1 amide bonds. The molecule has 17 heavy (non-hydrogen) atoms. The van der Waals surface area contributed by atoms with Gasteiger partial charge in [-0.05, 0) is 31.9 Å². The second kappa shape index (κ2) is 5.47. The van der Waals surface area contributed by atoms with Gasteiger partial charge in [0.05, 0.1) is 12.6 Å². The van der Waals surface area contributed by atoms with Gasteiger partial charge >= 0.3 is 0 Å². The van der Waals surface area contributed by atoms with Gasteiger partial charge in [0, 0.05) is 17.9 Å². The van der Waals surface area contributed by atoms with Crippen LogP contribution in [0.3, 0.4) is 0 Å². The van der Waals surface area contributed by atoms with E-state index in [1.54, 1.807) is 12.1 Å². The van der Waals surface area contributed by atoms with Gasteiger partial charge < -0.3 is 10.1 Å². The molecule has 1 saturated heterocycles.